The molecule has 6 heteroatoms. The van der Waals surface area contributed by atoms with Crippen LogP contribution in [0.3, 0.4) is 0 Å². The number of hydrogen-bond donors (Lipinski definition) is 0. The molecule has 1 aromatic heterocycles. The summed E-state index contributed by atoms with van der Waals surface area (Å²) in [7, 11) is 2.85. The third kappa shape index (κ3) is 3.19. The van der Waals surface area contributed by atoms with Gasteiger partial charge in [0.2, 0.25) is 0 Å². The first-order valence-electron chi connectivity index (χ1n) is 7.51. The molecule has 0 saturated carbocycles. The lowest BCUT2D eigenvalue weighted by atomic mass is 10.1. The van der Waals surface area contributed by atoms with Gasteiger partial charge in [-0.25, -0.2) is 9.59 Å². The van der Waals surface area contributed by atoms with Gasteiger partial charge in [0, 0.05) is 5.39 Å². The molecule has 0 N–H and O–H groups in total. The Balaban J connectivity index is 1.90. The van der Waals surface area contributed by atoms with Gasteiger partial charge in [-0.3, -0.25) is 0 Å². The molecule has 6 nitrogen and oxygen atoms in total. The molecular formula is C19H16O6. The van der Waals surface area contributed by atoms with Gasteiger partial charge in [0.1, 0.15) is 28.4 Å². The van der Waals surface area contributed by atoms with E-state index in [0.29, 0.717) is 39.4 Å². The summed E-state index contributed by atoms with van der Waals surface area (Å²) in [5, 5.41) is 0.532. The third-order valence-electron chi connectivity index (χ3n) is 3.76. The summed E-state index contributed by atoms with van der Waals surface area (Å²) < 4.78 is 20.8. The van der Waals surface area contributed by atoms with Gasteiger partial charge in [-0.05, 0) is 49.4 Å². The van der Waals surface area contributed by atoms with E-state index in [1.54, 1.807) is 56.5 Å². The molecule has 1 heterocycles. The number of benzene rings is 2. The van der Waals surface area contributed by atoms with Crippen LogP contribution in [0.2, 0.25) is 0 Å². The zero-order chi connectivity index (χ0) is 18.0. The highest BCUT2D eigenvalue weighted by atomic mass is 16.5. The Morgan fingerprint density at radius 1 is 0.920 bits per heavy atom. The van der Waals surface area contributed by atoms with Crippen LogP contribution in [0.25, 0.3) is 11.0 Å². The topological polar surface area (TPSA) is 75.0 Å². The SMILES string of the molecule is COC(=O)c1c(C)oc2ccc(OC(=O)c3ccc(OC)cc3)cc12. The lowest BCUT2D eigenvalue weighted by Crippen LogP contribution is -2.08. The van der Waals surface area contributed by atoms with Crippen molar-refractivity contribution in [3.63, 3.8) is 0 Å². The predicted molar refractivity (Wildman–Crippen MR) is 90.2 cm³/mol. The number of hydrogen-bond acceptors (Lipinski definition) is 6. The minimum Gasteiger partial charge on any atom is -0.497 e. The van der Waals surface area contributed by atoms with Gasteiger partial charge in [0.05, 0.1) is 19.8 Å². The Morgan fingerprint density at radius 3 is 2.24 bits per heavy atom. The van der Waals surface area contributed by atoms with Gasteiger partial charge in [-0.1, -0.05) is 0 Å². The molecule has 0 aliphatic rings. The van der Waals surface area contributed by atoms with Crippen LogP contribution in [0.5, 0.6) is 11.5 Å². The fourth-order valence-corrected chi connectivity index (χ4v) is 2.51. The van der Waals surface area contributed by atoms with Gasteiger partial charge in [-0.2, -0.15) is 0 Å². The maximum Gasteiger partial charge on any atom is 0.343 e. The number of rotatable bonds is 4. The Labute approximate surface area is 143 Å². The monoisotopic (exact) mass is 340 g/mol. The van der Waals surface area contributed by atoms with Crippen LogP contribution in [0.1, 0.15) is 26.5 Å². The third-order valence-corrected chi connectivity index (χ3v) is 3.76. The average molecular weight is 340 g/mol. The summed E-state index contributed by atoms with van der Waals surface area (Å²) in [4.78, 5) is 24.2. The van der Waals surface area contributed by atoms with E-state index < -0.39 is 11.9 Å². The number of carbonyl (C=O) groups is 2. The maximum absolute atomic E-state index is 12.3. The lowest BCUT2D eigenvalue weighted by Gasteiger charge is -2.05. The van der Waals surface area contributed by atoms with E-state index in [9.17, 15) is 9.59 Å². The molecule has 0 fully saturated rings. The van der Waals surface area contributed by atoms with E-state index >= 15 is 0 Å². The second kappa shape index (κ2) is 6.68. The summed E-state index contributed by atoms with van der Waals surface area (Å²) in [6.45, 7) is 1.68. The van der Waals surface area contributed by atoms with Crippen LogP contribution in [0.15, 0.2) is 46.9 Å². The fraction of sp³-hybridized carbons (Fsp3) is 0.158. The zero-order valence-electron chi connectivity index (χ0n) is 14.0. The summed E-state index contributed by atoms with van der Waals surface area (Å²) in [6.07, 6.45) is 0. The lowest BCUT2D eigenvalue weighted by molar-refractivity contribution is 0.0600. The molecule has 3 aromatic rings. The average Bonchev–Trinajstić information content (AvgIpc) is 2.96. The van der Waals surface area contributed by atoms with Gasteiger partial charge in [0.15, 0.2) is 0 Å². The van der Waals surface area contributed by atoms with E-state index in [1.165, 1.54) is 7.11 Å². The van der Waals surface area contributed by atoms with E-state index in [0.717, 1.165) is 0 Å². The summed E-state index contributed by atoms with van der Waals surface area (Å²) in [6, 6.07) is 11.4. The van der Waals surface area contributed by atoms with Gasteiger partial charge < -0.3 is 18.6 Å². The van der Waals surface area contributed by atoms with Gasteiger partial charge >= 0.3 is 11.9 Å². The van der Waals surface area contributed by atoms with Crippen LogP contribution >= 0.6 is 0 Å². The van der Waals surface area contributed by atoms with E-state index in [-0.39, 0.29) is 0 Å². The van der Waals surface area contributed by atoms with Crippen LogP contribution in [-0.2, 0) is 4.74 Å². The minimum atomic E-state index is -0.512. The maximum atomic E-state index is 12.3. The molecule has 3 rings (SSSR count). The Hall–Kier alpha value is -3.28. The number of fused-ring (bicyclic) bond motifs is 1. The molecular weight excluding hydrogens is 324 g/mol. The van der Waals surface area contributed by atoms with Crippen LogP contribution in [0, 0.1) is 6.92 Å². The molecule has 0 aliphatic heterocycles. The normalized spacial score (nSPS) is 10.5. The fourth-order valence-electron chi connectivity index (χ4n) is 2.51. The molecule has 0 bridgehead atoms. The highest BCUT2D eigenvalue weighted by molar-refractivity contribution is 6.05. The first-order chi connectivity index (χ1) is 12.0. The van der Waals surface area contributed by atoms with Crippen LogP contribution < -0.4 is 9.47 Å². The number of carbonyl (C=O) groups excluding carboxylic acids is 2. The second-order valence-electron chi connectivity index (χ2n) is 5.30. The summed E-state index contributed by atoms with van der Waals surface area (Å²) in [5.74, 6) is 0.381. The molecule has 25 heavy (non-hydrogen) atoms. The molecule has 0 spiro atoms. The number of aryl methyl sites for hydroxylation is 1. The molecule has 128 valence electrons. The van der Waals surface area contributed by atoms with E-state index in [2.05, 4.69) is 0 Å². The van der Waals surface area contributed by atoms with Crippen molar-refractivity contribution in [3.8, 4) is 11.5 Å². The van der Waals surface area contributed by atoms with Crippen LogP contribution in [0.4, 0.5) is 0 Å². The molecule has 0 radical (unpaired) electrons. The first-order valence-corrected chi connectivity index (χ1v) is 7.51. The molecule has 0 atom stereocenters. The number of furan rings is 1. The zero-order valence-corrected chi connectivity index (χ0v) is 14.0. The van der Waals surface area contributed by atoms with E-state index in [4.69, 9.17) is 18.6 Å². The highest BCUT2D eigenvalue weighted by Crippen LogP contribution is 2.30. The highest BCUT2D eigenvalue weighted by Gasteiger charge is 2.20. The quantitative estimate of drug-likeness (QED) is 0.532. The van der Waals surface area contributed by atoms with Gasteiger partial charge in [0.25, 0.3) is 0 Å². The largest absolute Gasteiger partial charge is 0.497 e. The molecule has 0 unspecified atom stereocenters. The molecule has 0 aliphatic carbocycles. The van der Waals surface area contributed by atoms with Crippen molar-refractivity contribution < 1.29 is 28.2 Å². The Kier molecular flexibility index (Phi) is 4.43. The van der Waals surface area contributed by atoms with Crippen molar-refractivity contribution in [1.29, 1.82) is 0 Å². The summed E-state index contributed by atoms with van der Waals surface area (Å²) >= 11 is 0. The predicted octanol–water partition coefficient (Wildman–Crippen LogP) is 3.76. The van der Waals surface area contributed by atoms with Gasteiger partial charge in [-0.15, -0.1) is 0 Å². The van der Waals surface area contributed by atoms with Crippen molar-refractivity contribution >= 4 is 22.9 Å². The number of esters is 2. The summed E-state index contributed by atoms with van der Waals surface area (Å²) in [5.41, 5.74) is 1.22. The molecule has 2 aromatic carbocycles. The van der Waals surface area contributed by atoms with E-state index in [1.807, 2.05) is 0 Å². The smallest absolute Gasteiger partial charge is 0.343 e. The van der Waals surface area contributed by atoms with Crippen molar-refractivity contribution in [1.82, 2.24) is 0 Å². The van der Waals surface area contributed by atoms with Crippen molar-refractivity contribution in [2.45, 2.75) is 6.92 Å². The van der Waals surface area contributed by atoms with Crippen molar-refractivity contribution in [3.05, 3.63) is 59.4 Å². The standard InChI is InChI=1S/C19H16O6/c1-11-17(19(21)23-3)15-10-14(8-9-16(15)24-11)25-18(20)12-4-6-13(22-2)7-5-12/h4-10H,1-3H3. The molecule has 0 amide bonds. The Morgan fingerprint density at radius 2 is 1.60 bits per heavy atom. The number of methoxy groups -OCH3 is 2. The first kappa shape index (κ1) is 16.6. The van der Waals surface area contributed by atoms with Crippen LogP contribution in [-0.4, -0.2) is 26.2 Å². The van der Waals surface area contributed by atoms with Crippen molar-refractivity contribution in [2.75, 3.05) is 14.2 Å². The Bertz CT molecular complexity index is 936. The number of ether oxygens (including phenoxy) is 3. The molecule has 0 saturated heterocycles. The van der Waals surface area contributed by atoms with Crippen molar-refractivity contribution in [2.24, 2.45) is 0 Å². The minimum absolute atomic E-state index is 0.305. The second-order valence-corrected chi connectivity index (χ2v) is 5.30.